The molecule has 0 spiro atoms. The van der Waals surface area contributed by atoms with Crippen molar-refractivity contribution in [1.82, 2.24) is 10.6 Å². The van der Waals surface area contributed by atoms with Gasteiger partial charge in [-0.05, 0) is 25.9 Å². The Labute approximate surface area is 278 Å². The Hall–Kier alpha value is -3.97. The third kappa shape index (κ3) is 9.77. The second-order valence-electron chi connectivity index (χ2n) is 10.7. The summed E-state index contributed by atoms with van der Waals surface area (Å²) in [6.07, 6.45) is 5.16. The largest absolute Gasteiger partial charge is 0.496 e. The van der Waals surface area contributed by atoms with E-state index in [0.717, 1.165) is 94.4 Å². The molecule has 0 aliphatic heterocycles. The van der Waals surface area contributed by atoms with Gasteiger partial charge >= 0.3 is 0 Å². The lowest BCUT2D eigenvalue weighted by Crippen LogP contribution is -2.17. The normalized spacial score (nSPS) is 11.1. The van der Waals surface area contributed by atoms with Gasteiger partial charge in [-0.1, -0.05) is 61.4 Å². The van der Waals surface area contributed by atoms with Crippen molar-refractivity contribution >= 4 is 31.7 Å². The van der Waals surface area contributed by atoms with Crippen molar-refractivity contribution in [2.75, 3.05) is 62.0 Å². The molecule has 0 amide bonds. The first-order valence-corrected chi connectivity index (χ1v) is 17.2. The van der Waals surface area contributed by atoms with E-state index < -0.39 is 10.1 Å². The zero-order valence-corrected chi connectivity index (χ0v) is 29.2. The average molecular weight is 673 g/mol. The van der Waals surface area contributed by atoms with Crippen molar-refractivity contribution in [3.05, 3.63) is 59.7 Å². The van der Waals surface area contributed by atoms with Gasteiger partial charge in [0.25, 0.3) is 10.1 Å². The Morgan fingerprint density at radius 1 is 0.511 bits per heavy atom. The molecule has 4 aromatic carbocycles. The SMILES string of the molecule is COc1c(CNCCCCCCNCc2c(OC)c(OC)c3ccccc3c2OC)c(OC)c2ccccc2c1OC.CS(=O)(=O)O. The number of rotatable bonds is 17. The van der Waals surface area contributed by atoms with Crippen LogP contribution in [0.2, 0.25) is 0 Å². The van der Waals surface area contributed by atoms with E-state index in [1.165, 1.54) is 0 Å². The van der Waals surface area contributed by atoms with Gasteiger partial charge in [0, 0.05) is 34.6 Å². The van der Waals surface area contributed by atoms with Crippen LogP contribution >= 0.6 is 0 Å². The number of ether oxygens (including phenoxy) is 6. The monoisotopic (exact) mass is 672 g/mol. The van der Waals surface area contributed by atoms with Crippen LogP contribution in [0.3, 0.4) is 0 Å². The number of hydrogen-bond donors (Lipinski definition) is 3. The highest BCUT2D eigenvalue weighted by Crippen LogP contribution is 2.46. The molecular weight excluding hydrogens is 624 g/mol. The molecule has 0 aromatic heterocycles. The van der Waals surface area contributed by atoms with E-state index in [9.17, 15) is 8.42 Å². The molecule has 0 atom stereocenters. The Balaban J connectivity index is 0.00000111. The quantitative estimate of drug-likeness (QED) is 0.0903. The van der Waals surface area contributed by atoms with Crippen LogP contribution in [0.5, 0.6) is 34.5 Å². The number of methoxy groups -OCH3 is 6. The summed E-state index contributed by atoms with van der Waals surface area (Å²) in [6, 6.07) is 16.2. The highest BCUT2D eigenvalue weighted by molar-refractivity contribution is 7.85. The van der Waals surface area contributed by atoms with Gasteiger partial charge in [-0.3, -0.25) is 4.55 Å². The van der Waals surface area contributed by atoms with Crippen LogP contribution in [-0.4, -0.2) is 75.0 Å². The molecule has 0 saturated carbocycles. The lowest BCUT2D eigenvalue weighted by atomic mass is 10.0. The fourth-order valence-electron chi connectivity index (χ4n) is 5.71. The Kier molecular flexibility index (Phi) is 14.7. The smallest absolute Gasteiger partial charge is 0.261 e. The molecule has 0 bridgehead atoms. The van der Waals surface area contributed by atoms with Crippen molar-refractivity contribution in [2.45, 2.75) is 38.8 Å². The number of fused-ring (bicyclic) bond motifs is 2. The zero-order valence-electron chi connectivity index (χ0n) is 28.4. The van der Waals surface area contributed by atoms with Gasteiger partial charge in [0.1, 0.15) is 11.5 Å². The summed E-state index contributed by atoms with van der Waals surface area (Å²) in [7, 11) is 6.43. The highest BCUT2D eigenvalue weighted by Gasteiger charge is 2.22. The molecule has 0 saturated heterocycles. The molecule has 11 nitrogen and oxygen atoms in total. The minimum absolute atomic E-state index is 0.633. The van der Waals surface area contributed by atoms with Gasteiger partial charge in [-0.2, -0.15) is 8.42 Å². The Bertz CT molecular complexity index is 1590. The minimum Gasteiger partial charge on any atom is -0.496 e. The first kappa shape index (κ1) is 37.5. The number of hydrogen-bond acceptors (Lipinski definition) is 10. The van der Waals surface area contributed by atoms with E-state index >= 15 is 0 Å². The maximum atomic E-state index is 9.19. The molecule has 0 heterocycles. The summed E-state index contributed by atoms with van der Waals surface area (Å²) in [6.45, 7) is 3.07. The molecular formula is C35H48N2O9S. The average Bonchev–Trinajstić information content (AvgIpc) is 3.06. The van der Waals surface area contributed by atoms with Gasteiger partial charge in [0.05, 0.1) is 60.0 Å². The third-order valence-corrected chi connectivity index (χ3v) is 7.63. The molecule has 0 aliphatic carbocycles. The molecule has 12 heteroatoms. The standard InChI is InChI=1S/C34H44N2O6.CH4O3S/c1-37-29-23-15-9-11-17-25(23)31(39-3)33(41-5)27(29)21-35-19-13-7-8-14-20-36-22-28-30(38-2)24-16-10-12-18-26(24)32(40-4)34(28)42-6;1-5(2,3)4/h9-12,15-18,35-36H,7-8,13-14,19-22H2,1-6H3;1H3,(H,2,3,4). The van der Waals surface area contributed by atoms with Gasteiger partial charge < -0.3 is 39.1 Å². The van der Waals surface area contributed by atoms with Crippen molar-refractivity contribution in [2.24, 2.45) is 0 Å². The fraction of sp³-hybridized carbons (Fsp3) is 0.429. The van der Waals surface area contributed by atoms with E-state index in [2.05, 4.69) is 22.8 Å². The van der Waals surface area contributed by atoms with Crippen LogP contribution in [0, 0.1) is 0 Å². The third-order valence-electron chi connectivity index (χ3n) is 7.63. The first-order valence-electron chi connectivity index (χ1n) is 15.4. The predicted molar refractivity (Wildman–Crippen MR) is 187 cm³/mol. The van der Waals surface area contributed by atoms with E-state index in [1.54, 1.807) is 42.7 Å². The summed E-state index contributed by atoms with van der Waals surface area (Å²) in [5.41, 5.74) is 1.94. The molecule has 4 aromatic rings. The van der Waals surface area contributed by atoms with Crippen LogP contribution in [0.25, 0.3) is 21.5 Å². The summed E-state index contributed by atoms with van der Waals surface area (Å²) in [5, 5.41) is 11.1. The van der Waals surface area contributed by atoms with Crippen LogP contribution in [-0.2, 0) is 23.2 Å². The van der Waals surface area contributed by atoms with E-state index in [1.807, 2.05) is 36.4 Å². The summed E-state index contributed by atoms with van der Waals surface area (Å²) < 4.78 is 60.5. The maximum absolute atomic E-state index is 9.19. The summed E-state index contributed by atoms with van der Waals surface area (Å²) in [5.74, 6) is 4.53. The number of nitrogens with one attached hydrogen (secondary N) is 2. The zero-order chi connectivity index (χ0) is 34.4. The van der Waals surface area contributed by atoms with Gasteiger partial charge in [-0.15, -0.1) is 0 Å². The molecule has 3 N–H and O–H groups in total. The fourth-order valence-corrected chi connectivity index (χ4v) is 5.71. The van der Waals surface area contributed by atoms with Crippen LogP contribution in [0.15, 0.2) is 48.5 Å². The number of unbranched alkanes of at least 4 members (excludes halogenated alkanes) is 3. The molecule has 0 unspecified atom stereocenters. The summed E-state index contributed by atoms with van der Waals surface area (Å²) >= 11 is 0. The van der Waals surface area contributed by atoms with Crippen molar-refractivity contribution in [3.8, 4) is 34.5 Å². The second kappa shape index (κ2) is 18.4. The maximum Gasteiger partial charge on any atom is 0.261 e. The molecule has 4 rings (SSSR count). The first-order chi connectivity index (χ1) is 22.6. The molecule has 258 valence electrons. The molecule has 47 heavy (non-hydrogen) atoms. The predicted octanol–water partition coefficient (Wildman–Crippen LogP) is 5.99. The van der Waals surface area contributed by atoms with E-state index in [-0.39, 0.29) is 0 Å². The highest BCUT2D eigenvalue weighted by atomic mass is 32.2. The Morgan fingerprint density at radius 2 is 0.787 bits per heavy atom. The van der Waals surface area contributed by atoms with Crippen LogP contribution in [0.4, 0.5) is 0 Å². The van der Waals surface area contributed by atoms with Crippen molar-refractivity contribution in [3.63, 3.8) is 0 Å². The van der Waals surface area contributed by atoms with Crippen LogP contribution < -0.4 is 39.1 Å². The minimum atomic E-state index is -3.67. The molecule has 0 radical (unpaired) electrons. The van der Waals surface area contributed by atoms with E-state index in [4.69, 9.17) is 33.0 Å². The topological polar surface area (TPSA) is 134 Å². The number of benzene rings is 4. The van der Waals surface area contributed by atoms with Gasteiger partial charge in [-0.25, -0.2) is 0 Å². The van der Waals surface area contributed by atoms with Gasteiger partial charge in [0.2, 0.25) is 0 Å². The summed E-state index contributed by atoms with van der Waals surface area (Å²) in [4.78, 5) is 0. The van der Waals surface area contributed by atoms with Crippen molar-refractivity contribution in [1.29, 1.82) is 0 Å². The Morgan fingerprint density at radius 3 is 1.06 bits per heavy atom. The lowest BCUT2D eigenvalue weighted by Gasteiger charge is -2.20. The van der Waals surface area contributed by atoms with E-state index in [0.29, 0.717) is 30.8 Å². The second-order valence-corrected chi connectivity index (χ2v) is 12.2. The molecule has 0 fully saturated rings. The lowest BCUT2D eigenvalue weighted by molar-refractivity contribution is 0.346. The van der Waals surface area contributed by atoms with Crippen molar-refractivity contribution < 1.29 is 41.4 Å². The molecule has 0 aliphatic rings. The van der Waals surface area contributed by atoms with Gasteiger partial charge in [0.15, 0.2) is 23.0 Å². The van der Waals surface area contributed by atoms with Crippen LogP contribution in [0.1, 0.15) is 36.8 Å².